The van der Waals surface area contributed by atoms with Crippen LogP contribution in [0.4, 0.5) is 4.39 Å². The number of nitrogens with one attached hydrogen (secondary N) is 1. The molecule has 0 aliphatic heterocycles. The van der Waals surface area contributed by atoms with Crippen molar-refractivity contribution < 1.29 is 9.18 Å². The zero-order valence-corrected chi connectivity index (χ0v) is 17.4. The highest BCUT2D eigenvalue weighted by atomic mass is 35.5. The summed E-state index contributed by atoms with van der Waals surface area (Å²) < 4.78 is 15.1. The summed E-state index contributed by atoms with van der Waals surface area (Å²) in [5, 5.41) is 13.6. The van der Waals surface area contributed by atoms with Crippen LogP contribution in [0.5, 0.6) is 0 Å². The predicted octanol–water partition coefficient (Wildman–Crippen LogP) is 4.40. The van der Waals surface area contributed by atoms with Gasteiger partial charge in [0.25, 0.3) is 5.91 Å². The van der Waals surface area contributed by atoms with Crippen LogP contribution in [-0.4, -0.2) is 37.6 Å². The third kappa shape index (κ3) is 4.23. The molecular weight excluding hydrogens is 401 g/mol. The molecule has 2 aromatic heterocycles. The molecule has 2 heterocycles. The van der Waals surface area contributed by atoms with Crippen LogP contribution in [0.15, 0.2) is 29.6 Å². The summed E-state index contributed by atoms with van der Waals surface area (Å²) in [7, 11) is 0. The van der Waals surface area contributed by atoms with Gasteiger partial charge in [-0.15, -0.1) is 33.1 Å². The van der Waals surface area contributed by atoms with Crippen molar-refractivity contribution in [1.82, 2.24) is 25.1 Å². The SMILES string of the molecule is CCC(CCl)c1nnc(-c2ccc(F)cc2)n1-c1csc(C(=O)NC(C)C)n1. The van der Waals surface area contributed by atoms with Crippen LogP contribution in [0.2, 0.25) is 0 Å². The average Bonchev–Trinajstić information content (AvgIpc) is 3.30. The molecule has 0 fully saturated rings. The summed E-state index contributed by atoms with van der Waals surface area (Å²) >= 11 is 7.39. The zero-order chi connectivity index (χ0) is 20.3. The number of aromatic nitrogens is 4. The fraction of sp³-hybridized carbons (Fsp3) is 0.368. The molecule has 0 bridgehead atoms. The lowest BCUT2D eigenvalue weighted by atomic mass is 10.1. The Hall–Kier alpha value is -2.32. The molecular formula is C19H21ClFN5OS. The molecule has 1 aromatic carbocycles. The quantitative estimate of drug-likeness (QED) is 0.574. The van der Waals surface area contributed by atoms with Gasteiger partial charge in [-0.2, -0.15) is 0 Å². The fourth-order valence-electron chi connectivity index (χ4n) is 2.73. The molecule has 148 valence electrons. The maximum absolute atomic E-state index is 13.3. The topological polar surface area (TPSA) is 72.7 Å². The van der Waals surface area contributed by atoms with Crippen molar-refractivity contribution in [2.24, 2.45) is 0 Å². The van der Waals surface area contributed by atoms with E-state index in [0.29, 0.717) is 33.9 Å². The van der Waals surface area contributed by atoms with E-state index >= 15 is 0 Å². The Bertz CT molecular complexity index is 950. The normalized spacial score (nSPS) is 12.4. The molecule has 0 saturated heterocycles. The Kier molecular flexibility index (Phi) is 6.41. The van der Waals surface area contributed by atoms with E-state index in [4.69, 9.17) is 11.6 Å². The van der Waals surface area contributed by atoms with Crippen molar-refractivity contribution in [1.29, 1.82) is 0 Å². The van der Waals surface area contributed by atoms with Gasteiger partial charge < -0.3 is 5.32 Å². The van der Waals surface area contributed by atoms with E-state index in [-0.39, 0.29) is 23.7 Å². The molecule has 28 heavy (non-hydrogen) atoms. The fourth-order valence-corrected chi connectivity index (χ4v) is 3.77. The standard InChI is InChI=1S/C19H21ClFN5OS/c1-4-12(9-20)16-24-25-17(13-5-7-14(21)8-6-13)26(16)15-10-28-19(23-15)18(27)22-11(2)3/h5-8,10-12H,4,9H2,1-3H3,(H,22,27). The van der Waals surface area contributed by atoms with E-state index < -0.39 is 0 Å². The molecule has 1 unspecified atom stereocenters. The maximum atomic E-state index is 13.3. The van der Waals surface area contributed by atoms with Gasteiger partial charge in [0.15, 0.2) is 16.6 Å². The number of halogens is 2. The molecule has 0 radical (unpaired) electrons. The van der Waals surface area contributed by atoms with Crippen molar-refractivity contribution in [3.63, 3.8) is 0 Å². The summed E-state index contributed by atoms with van der Waals surface area (Å²) in [4.78, 5) is 16.8. The highest BCUT2D eigenvalue weighted by molar-refractivity contribution is 7.11. The van der Waals surface area contributed by atoms with Crippen LogP contribution < -0.4 is 5.32 Å². The molecule has 3 aromatic rings. The predicted molar refractivity (Wildman–Crippen MR) is 109 cm³/mol. The van der Waals surface area contributed by atoms with Crippen LogP contribution in [0.1, 0.15) is 48.7 Å². The molecule has 0 aliphatic carbocycles. The van der Waals surface area contributed by atoms with Gasteiger partial charge in [-0.3, -0.25) is 9.36 Å². The Balaban J connectivity index is 2.09. The van der Waals surface area contributed by atoms with Gasteiger partial charge in [0.05, 0.1) is 0 Å². The van der Waals surface area contributed by atoms with Crippen molar-refractivity contribution in [2.45, 2.75) is 39.2 Å². The van der Waals surface area contributed by atoms with Crippen LogP contribution in [0.3, 0.4) is 0 Å². The first-order valence-corrected chi connectivity index (χ1v) is 10.4. The van der Waals surface area contributed by atoms with Crippen LogP contribution >= 0.6 is 22.9 Å². The minimum absolute atomic E-state index is 0.0146. The van der Waals surface area contributed by atoms with Gasteiger partial charge >= 0.3 is 0 Å². The highest BCUT2D eigenvalue weighted by Gasteiger charge is 2.24. The van der Waals surface area contributed by atoms with Crippen molar-refractivity contribution in [3.05, 3.63) is 46.3 Å². The number of hydrogen-bond donors (Lipinski definition) is 1. The first-order chi connectivity index (χ1) is 13.4. The van der Waals surface area contributed by atoms with Crippen molar-refractivity contribution in [3.8, 4) is 17.2 Å². The number of rotatable bonds is 7. The van der Waals surface area contributed by atoms with E-state index in [1.165, 1.54) is 23.5 Å². The maximum Gasteiger partial charge on any atom is 0.280 e. The number of carbonyl (C=O) groups excluding carboxylic acids is 1. The monoisotopic (exact) mass is 421 g/mol. The van der Waals surface area contributed by atoms with E-state index in [1.54, 1.807) is 22.1 Å². The number of hydrogen-bond acceptors (Lipinski definition) is 5. The smallest absolute Gasteiger partial charge is 0.280 e. The second-order valence-corrected chi connectivity index (χ2v) is 7.79. The minimum Gasteiger partial charge on any atom is -0.348 e. The lowest BCUT2D eigenvalue weighted by Gasteiger charge is -2.13. The molecule has 3 rings (SSSR count). The Labute approximate surface area is 171 Å². The molecule has 0 aliphatic rings. The second-order valence-electron chi connectivity index (χ2n) is 6.62. The Morgan fingerprint density at radius 1 is 1.29 bits per heavy atom. The summed E-state index contributed by atoms with van der Waals surface area (Å²) in [5.74, 6) is 1.53. The summed E-state index contributed by atoms with van der Waals surface area (Å²) in [5.41, 5.74) is 0.700. The van der Waals surface area contributed by atoms with E-state index in [1.807, 2.05) is 20.8 Å². The largest absolute Gasteiger partial charge is 0.348 e. The highest BCUT2D eigenvalue weighted by Crippen LogP contribution is 2.29. The summed E-state index contributed by atoms with van der Waals surface area (Å²) in [6.07, 6.45) is 0.774. The molecule has 1 amide bonds. The van der Waals surface area contributed by atoms with Gasteiger partial charge in [0.1, 0.15) is 11.6 Å². The number of amides is 1. The number of alkyl halides is 1. The minimum atomic E-state index is -0.330. The lowest BCUT2D eigenvalue weighted by Crippen LogP contribution is -2.30. The van der Waals surface area contributed by atoms with Crippen molar-refractivity contribution in [2.75, 3.05) is 5.88 Å². The number of carbonyl (C=O) groups is 1. The van der Waals surface area contributed by atoms with Crippen molar-refractivity contribution >= 4 is 28.8 Å². The first-order valence-electron chi connectivity index (χ1n) is 8.98. The van der Waals surface area contributed by atoms with Gasteiger partial charge in [0, 0.05) is 28.8 Å². The average molecular weight is 422 g/mol. The number of nitrogens with zero attached hydrogens (tertiary/aromatic N) is 4. The molecule has 1 atom stereocenters. The van der Waals surface area contributed by atoms with Gasteiger partial charge in [-0.1, -0.05) is 6.92 Å². The number of benzene rings is 1. The third-order valence-electron chi connectivity index (χ3n) is 4.17. The summed E-state index contributed by atoms with van der Waals surface area (Å²) in [6.45, 7) is 5.80. The molecule has 0 saturated carbocycles. The molecule has 6 nitrogen and oxygen atoms in total. The lowest BCUT2D eigenvalue weighted by molar-refractivity contribution is 0.0942. The van der Waals surface area contributed by atoms with Crippen LogP contribution in [0, 0.1) is 5.82 Å². The Morgan fingerprint density at radius 3 is 2.61 bits per heavy atom. The molecule has 1 N–H and O–H groups in total. The molecule has 0 spiro atoms. The Morgan fingerprint density at radius 2 is 2.00 bits per heavy atom. The van der Waals surface area contributed by atoms with Crippen LogP contribution in [0.25, 0.3) is 17.2 Å². The van der Waals surface area contributed by atoms with Gasteiger partial charge in [-0.05, 0) is 44.5 Å². The first kappa shape index (κ1) is 20.4. The van der Waals surface area contributed by atoms with E-state index in [0.717, 1.165) is 6.42 Å². The molecule has 9 heteroatoms. The number of thiazole rings is 1. The zero-order valence-electron chi connectivity index (χ0n) is 15.8. The summed E-state index contributed by atoms with van der Waals surface area (Å²) in [6, 6.07) is 6.03. The van der Waals surface area contributed by atoms with E-state index in [9.17, 15) is 9.18 Å². The second kappa shape index (κ2) is 8.79. The third-order valence-corrected chi connectivity index (χ3v) is 5.37. The van der Waals surface area contributed by atoms with Crippen LogP contribution in [-0.2, 0) is 0 Å². The van der Waals surface area contributed by atoms with E-state index in [2.05, 4.69) is 20.5 Å². The van der Waals surface area contributed by atoms with Gasteiger partial charge in [-0.25, -0.2) is 9.37 Å². The van der Waals surface area contributed by atoms with Gasteiger partial charge in [0.2, 0.25) is 0 Å².